The van der Waals surface area contributed by atoms with Crippen LogP contribution >= 0.6 is 11.6 Å². The van der Waals surface area contributed by atoms with Gasteiger partial charge in [0, 0.05) is 55.7 Å². The molecule has 0 unspecified atom stereocenters. The summed E-state index contributed by atoms with van der Waals surface area (Å²) in [6.07, 6.45) is 3.55. The molecule has 1 fully saturated rings. The summed E-state index contributed by atoms with van der Waals surface area (Å²) in [5.41, 5.74) is 3.00. The van der Waals surface area contributed by atoms with Gasteiger partial charge in [0.25, 0.3) is 0 Å². The maximum atomic E-state index is 12.6. The number of nitrogens with zero attached hydrogens (tertiary/aromatic N) is 3. The number of aromatic nitrogens is 2. The van der Waals surface area contributed by atoms with E-state index in [4.69, 9.17) is 16.0 Å². The third-order valence-electron chi connectivity index (χ3n) is 4.89. The smallest absolute Gasteiger partial charge is 0.345 e. The Morgan fingerprint density at radius 1 is 1.07 bits per heavy atom. The van der Waals surface area contributed by atoms with E-state index < -0.39 is 5.63 Å². The Kier molecular flexibility index (Phi) is 3.88. The van der Waals surface area contributed by atoms with Crippen molar-refractivity contribution < 1.29 is 4.42 Å². The molecule has 136 valence electrons. The first kappa shape index (κ1) is 16.4. The maximum absolute atomic E-state index is 12.6. The lowest BCUT2D eigenvalue weighted by atomic mass is 10.1. The van der Waals surface area contributed by atoms with Crippen LogP contribution in [0.2, 0.25) is 5.02 Å². The van der Waals surface area contributed by atoms with Gasteiger partial charge < -0.3 is 19.0 Å². The number of fused-ring (bicyclic) bond motifs is 2. The second-order valence-corrected chi connectivity index (χ2v) is 7.08. The van der Waals surface area contributed by atoms with E-state index in [1.807, 2.05) is 24.3 Å². The van der Waals surface area contributed by atoms with Crippen molar-refractivity contribution in [1.29, 1.82) is 0 Å². The molecule has 1 N–H and O–H groups in total. The van der Waals surface area contributed by atoms with Gasteiger partial charge in [-0.15, -0.1) is 0 Å². The predicted octanol–water partition coefficient (Wildman–Crippen LogP) is 3.17. The van der Waals surface area contributed by atoms with Crippen LogP contribution < -0.4 is 15.8 Å². The third kappa shape index (κ3) is 2.97. The Labute approximate surface area is 160 Å². The third-order valence-corrected chi connectivity index (χ3v) is 5.12. The van der Waals surface area contributed by atoms with Gasteiger partial charge in [-0.2, -0.15) is 0 Å². The van der Waals surface area contributed by atoms with E-state index in [1.54, 1.807) is 22.9 Å². The molecule has 0 saturated carbocycles. The Morgan fingerprint density at radius 3 is 2.78 bits per heavy atom. The van der Waals surface area contributed by atoms with Gasteiger partial charge in [-0.1, -0.05) is 11.6 Å². The molecule has 1 saturated heterocycles. The minimum Gasteiger partial charge on any atom is -0.422 e. The first-order chi connectivity index (χ1) is 13.2. The maximum Gasteiger partial charge on any atom is 0.345 e. The van der Waals surface area contributed by atoms with Crippen LogP contribution in [0.15, 0.2) is 58.0 Å². The summed E-state index contributed by atoms with van der Waals surface area (Å²) < 4.78 is 7.43. The molecule has 6 nitrogen and oxygen atoms in total. The molecule has 0 atom stereocenters. The summed E-state index contributed by atoms with van der Waals surface area (Å²) >= 11 is 6.03. The second kappa shape index (κ2) is 6.40. The lowest BCUT2D eigenvalue weighted by Gasteiger charge is -2.29. The number of benzene rings is 1. The van der Waals surface area contributed by atoms with Gasteiger partial charge in [0.1, 0.15) is 11.2 Å². The molecule has 0 aliphatic carbocycles. The van der Waals surface area contributed by atoms with E-state index >= 15 is 0 Å². The highest BCUT2D eigenvalue weighted by Gasteiger charge is 2.15. The highest BCUT2D eigenvalue weighted by molar-refractivity contribution is 6.30. The normalized spacial score (nSPS) is 14.9. The fourth-order valence-corrected chi connectivity index (χ4v) is 3.66. The average Bonchev–Trinajstić information content (AvgIpc) is 3.10. The van der Waals surface area contributed by atoms with E-state index in [0.717, 1.165) is 42.9 Å². The van der Waals surface area contributed by atoms with Crippen LogP contribution in [0.25, 0.3) is 27.9 Å². The van der Waals surface area contributed by atoms with Gasteiger partial charge in [-0.25, -0.2) is 9.78 Å². The number of anilines is 1. The first-order valence-corrected chi connectivity index (χ1v) is 9.23. The molecular weight excluding hydrogens is 364 g/mol. The van der Waals surface area contributed by atoms with E-state index in [-0.39, 0.29) is 0 Å². The largest absolute Gasteiger partial charge is 0.422 e. The van der Waals surface area contributed by atoms with Crippen molar-refractivity contribution in [3.63, 3.8) is 0 Å². The Hall–Kier alpha value is -2.83. The molecule has 27 heavy (non-hydrogen) atoms. The first-order valence-electron chi connectivity index (χ1n) is 8.86. The minimum atomic E-state index is -0.394. The van der Waals surface area contributed by atoms with E-state index in [9.17, 15) is 4.79 Å². The SMILES string of the molecule is O=c1oc2cc(N3CCNCC3)ccc2cc1-c1cn2cc(Cl)ccc2n1. The van der Waals surface area contributed by atoms with Crippen LogP contribution in [0.5, 0.6) is 0 Å². The van der Waals surface area contributed by atoms with Crippen molar-refractivity contribution in [1.82, 2.24) is 14.7 Å². The highest BCUT2D eigenvalue weighted by Crippen LogP contribution is 2.25. The Bertz CT molecular complexity index is 1210. The molecule has 0 amide bonds. The van der Waals surface area contributed by atoms with Crippen molar-refractivity contribution >= 4 is 33.9 Å². The van der Waals surface area contributed by atoms with Crippen molar-refractivity contribution in [2.45, 2.75) is 0 Å². The van der Waals surface area contributed by atoms with Gasteiger partial charge in [0.05, 0.1) is 16.3 Å². The summed E-state index contributed by atoms with van der Waals surface area (Å²) in [7, 11) is 0. The number of piperazine rings is 1. The fraction of sp³-hybridized carbons (Fsp3) is 0.200. The number of pyridine rings is 1. The van der Waals surface area contributed by atoms with Crippen LogP contribution in [-0.4, -0.2) is 35.6 Å². The van der Waals surface area contributed by atoms with Crippen LogP contribution in [0.1, 0.15) is 0 Å². The van der Waals surface area contributed by atoms with E-state index in [1.165, 1.54) is 0 Å². The standard InChI is InChI=1S/C20H17ClN4O2/c21-14-2-4-19-23-17(12-25(19)11-14)16-9-13-1-3-15(10-18(13)27-20(16)26)24-7-5-22-6-8-24/h1-4,9-12,22H,5-8H2. The number of imidazole rings is 1. The molecule has 7 heteroatoms. The molecule has 0 radical (unpaired) electrons. The molecule has 3 aromatic heterocycles. The van der Waals surface area contributed by atoms with Gasteiger partial charge >= 0.3 is 5.63 Å². The lowest BCUT2D eigenvalue weighted by Crippen LogP contribution is -2.43. The molecule has 4 heterocycles. The molecule has 1 aliphatic heterocycles. The molecule has 1 aromatic carbocycles. The fourth-order valence-electron chi connectivity index (χ4n) is 3.49. The summed E-state index contributed by atoms with van der Waals surface area (Å²) in [6, 6.07) is 11.4. The zero-order valence-electron chi connectivity index (χ0n) is 14.5. The topological polar surface area (TPSA) is 62.8 Å². The molecule has 1 aliphatic rings. The van der Waals surface area contributed by atoms with Gasteiger partial charge in [0.15, 0.2) is 0 Å². The molecular formula is C20H17ClN4O2. The monoisotopic (exact) mass is 380 g/mol. The predicted molar refractivity (Wildman–Crippen MR) is 107 cm³/mol. The van der Waals surface area contributed by atoms with Crippen molar-refractivity contribution in [3.05, 3.63) is 64.2 Å². The number of rotatable bonds is 2. The quantitative estimate of drug-likeness (QED) is 0.541. The van der Waals surface area contributed by atoms with Crippen LogP contribution in [0, 0.1) is 0 Å². The summed E-state index contributed by atoms with van der Waals surface area (Å²) in [5.74, 6) is 0. The van der Waals surface area contributed by atoms with Gasteiger partial charge in [-0.3, -0.25) is 0 Å². The lowest BCUT2D eigenvalue weighted by molar-refractivity contribution is 0.561. The number of halogens is 1. The summed E-state index contributed by atoms with van der Waals surface area (Å²) in [6.45, 7) is 3.80. The minimum absolute atomic E-state index is 0.394. The van der Waals surface area contributed by atoms with Crippen LogP contribution in [0.4, 0.5) is 5.69 Å². The summed E-state index contributed by atoms with van der Waals surface area (Å²) in [4.78, 5) is 19.4. The molecule has 5 rings (SSSR count). The summed E-state index contributed by atoms with van der Waals surface area (Å²) in [5, 5.41) is 4.82. The zero-order valence-corrected chi connectivity index (χ0v) is 15.2. The molecule has 4 aromatic rings. The zero-order chi connectivity index (χ0) is 18.4. The van der Waals surface area contributed by atoms with Crippen molar-refractivity contribution in [2.24, 2.45) is 0 Å². The molecule has 0 bridgehead atoms. The number of hydrogen-bond donors (Lipinski definition) is 1. The van der Waals surface area contributed by atoms with Gasteiger partial charge in [-0.05, 0) is 30.3 Å². The van der Waals surface area contributed by atoms with Crippen molar-refractivity contribution in [3.8, 4) is 11.3 Å². The Morgan fingerprint density at radius 2 is 1.93 bits per heavy atom. The van der Waals surface area contributed by atoms with E-state index in [0.29, 0.717) is 21.9 Å². The molecule has 0 spiro atoms. The van der Waals surface area contributed by atoms with Crippen LogP contribution in [0.3, 0.4) is 0 Å². The second-order valence-electron chi connectivity index (χ2n) is 6.65. The number of nitrogens with one attached hydrogen (secondary N) is 1. The van der Waals surface area contributed by atoms with Crippen molar-refractivity contribution in [2.75, 3.05) is 31.1 Å². The van der Waals surface area contributed by atoms with E-state index in [2.05, 4.69) is 21.3 Å². The Balaban J connectivity index is 1.58. The number of hydrogen-bond acceptors (Lipinski definition) is 5. The highest BCUT2D eigenvalue weighted by atomic mass is 35.5. The van der Waals surface area contributed by atoms with Crippen LogP contribution in [-0.2, 0) is 0 Å². The van der Waals surface area contributed by atoms with Gasteiger partial charge in [0.2, 0.25) is 0 Å². The average molecular weight is 381 g/mol.